The third kappa shape index (κ3) is 5.26. The topological polar surface area (TPSA) is 63.7 Å². The maximum Gasteiger partial charge on any atom is 0.226 e. The van der Waals surface area contributed by atoms with Crippen molar-refractivity contribution in [1.29, 1.82) is 0 Å². The molecule has 3 rings (SSSR count). The summed E-state index contributed by atoms with van der Waals surface area (Å²) >= 11 is 1.40. The molecule has 0 fully saturated rings. The Labute approximate surface area is 175 Å². The summed E-state index contributed by atoms with van der Waals surface area (Å²) in [6, 6.07) is 13.9. The van der Waals surface area contributed by atoms with Crippen LogP contribution < -0.4 is 19.7 Å². The highest BCUT2D eigenvalue weighted by atomic mass is 32.1. The van der Waals surface area contributed by atoms with E-state index < -0.39 is 0 Å². The van der Waals surface area contributed by atoms with Crippen molar-refractivity contribution >= 4 is 28.1 Å². The molecule has 1 N–H and O–H groups in total. The number of hydrogen-bond acceptors (Lipinski definition) is 6. The van der Waals surface area contributed by atoms with Crippen LogP contribution in [0.2, 0.25) is 0 Å². The van der Waals surface area contributed by atoms with E-state index in [2.05, 4.69) is 39.5 Å². The number of benzene rings is 2. The second kappa shape index (κ2) is 9.43. The molecule has 0 saturated carbocycles. The summed E-state index contributed by atoms with van der Waals surface area (Å²) in [7, 11) is 7.21. The number of aromatic nitrogens is 1. The van der Waals surface area contributed by atoms with Crippen molar-refractivity contribution in [3.8, 4) is 22.8 Å². The molecule has 0 aliphatic rings. The molecule has 6 nitrogen and oxygen atoms in total. The summed E-state index contributed by atoms with van der Waals surface area (Å²) in [5, 5.41) is 5.39. The van der Waals surface area contributed by atoms with Crippen LogP contribution in [0.5, 0.6) is 11.5 Å². The number of ether oxygens (including phenoxy) is 2. The number of anilines is 2. The van der Waals surface area contributed by atoms with Gasteiger partial charge >= 0.3 is 0 Å². The fourth-order valence-electron chi connectivity index (χ4n) is 2.86. The number of nitrogens with zero attached hydrogens (tertiary/aromatic N) is 2. The predicted octanol–water partition coefficient (Wildman–Crippen LogP) is 4.46. The molecule has 0 unspecified atom stereocenters. The number of thiazole rings is 1. The van der Waals surface area contributed by atoms with Crippen LogP contribution in [0.1, 0.15) is 12.0 Å². The van der Waals surface area contributed by atoms with E-state index in [-0.39, 0.29) is 5.91 Å². The van der Waals surface area contributed by atoms with Crippen LogP contribution in [0.15, 0.2) is 47.8 Å². The Bertz CT molecular complexity index is 968. The normalized spacial score (nSPS) is 10.5. The Balaban J connectivity index is 1.59. The standard InChI is InChI=1S/C22H25N3O3S/c1-25(2)17-9-5-15(6-10-17)7-12-21(26)24-22-23-18(14-29-22)16-8-11-19(27-3)20(13-16)28-4/h5-6,8-11,13-14H,7,12H2,1-4H3,(H,23,24,26). The van der Waals surface area contributed by atoms with Gasteiger partial charge in [0.25, 0.3) is 0 Å². The van der Waals surface area contributed by atoms with Gasteiger partial charge in [-0.3, -0.25) is 4.79 Å². The lowest BCUT2D eigenvalue weighted by Gasteiger charge is -2.12. The largest absolute Gasteiger partial charge is 0.493 e. The predicted molar refractivity (Wildman–Crippen MR) is 118 cm³/mol. The highest BCUT2D eigenvalue weighted by Gasteiger charge is 2.11. The zero-order valence-corrected chi connectivity index (χ0v) is 17.9. The molecule has 1 amide bonds. The van der Waals surface area contributed by atoms with E-state index in [1.54, 1.807) is 14.2 Å². The first kappa shape index (κ1) is 20.7. The monoisotopic (exact) mass is 411 g/mol. The van der Waals surface area contributed by atoms with Crippen molar-refractivity contribution in [2.75, 3.05) is 38.5 Å². The van der Waals surface area contributed by atoms with Crippen molar-refractivity contribution in [3.05, 3.63) is 53.4 Å². The zero-order valence-electron chi connectivity index (χ0n) is 17.1. The van der Waals surface area contributed by atoms with E-state index in [9.17, 15) is 4.79 Å². The van der Waals surface area contributed by atoms with Gasteiger partial charge in [-0.05, 0) is 42.3 Å². The molecule has 0 aliphatic heterocycles. The highest BCUT2D eigenvalue weighted by molar-refractivity contribution is 7.14. The summed E-state index contributed by atoms with van der Waals surface area (Å²) in [5.41, 5.74) is 3.96. The minimum atomic E-state index is -0.0464. The molecule has 1 aromatic heterocycles. The molecular formula is C22H25N3O3S. The van der Waals surface area contributed by atoms with Crippen molar-refractivity contribution in [2.24, 2.45) is 0 Å². The molecule has 152 valence electrons. The Hall–Kier alpha value is -3.06. The Morgan fingerprint density at radius 2 is 1.79 bits per heavy atom. The molecule has 0 radical (unpaired) electrons. The summed E-state index contributed by atoms with van der Waals surface area (Å²) in [4.78, 5) is 18.9. The molecular weight excluding hydrogens is 386 g/mol. The van der Waals surface area contributed by atoms with Crippen LogP contribution in [-0.2, 0) is 11.2 Å². The lowest BCUT2D eigenvalue weighted by Crippen LogP contribution is -2.12. The molecule has 29 heavy (non-hydrogen) atoms. The average molecular weight is 412 g/mol. The van der Waals surface area contributed by atoms with Gasteiger partial charge in [0.1, 0.15) is 0 Å². The molecule has 0 aliphatic carbocycles. The van der Waals surface area contributed by atoms with Gasteiger partial charge in [0, 0.05) is 37.1 Å². The van der Waals surface area contributed by atoms with Gasteiger partial charge in [-0.1, -0.05) is 12.1 Å². The molecule has 0 bridgehead atoms. The minimum absolute atomic E-state index is 0.0464. The van der Waals surface area contributed by atoms with E-state index in [4.69, 9.17) is 9.47 Å². The first-order valence-corrected chi connectivity index (χ1v) is 10.1. The van der Waals surface area contributed by atoms with E-state index in [1.807, 2.05) is 37.7 Å². The van der Waals surface area contributed by atoms with Gasteiger partial charge in [0.05, 0.1) is 19.9 Å². The van der Waals surface area contributed by atoms with Crippen LogP contribution in [0, 0.1) is 0 Å². The van der Waals surface area contributed by atoms with E-state index in [0.29, 0.717) is 29.5 Å². The third-order valence-electron chi connectivity index (χ3n) is 4.52. The quantitative estimate of drug-likeness (QED) is 0.593. The van der Waals surface area contributed by atoms with Crippen molar-refractivity contribution in [2.45, 2.75) is 12.8 Å². The van der Waals surface area contributed by atoms with Crippen LogP contribution in [0.4, 0.5) is 10.8 Å². The van der Waals surface area contributed by atoms with E-state index in [0.717, 1.165) is 22.5 Å². The van der Waals surface area contributed by atoms with Crippen molar-refractivity contribution in [1.82, 2.24) is 4.98 Å². The van der Waals surface area contributed by atoms with Crippen LogP contribution in [-0.4, -0.2) is 39.2 Å². The fraction of sp³-hybridized carbons (Fsp3) is 0.273. The maximum absolute atomic E-state index is 12.3. The van der Waals surface area contributed by atoms with Crippen LogP contribution in [0.25, 0.3) is 11.3 Å². The summed E-state index contributed by atoms with van der Waals surface area (Å²) in [6.45, 7) is 0. The van der Waals surface area contributed by atoms with Crippen LogP contribution in [0.3, 0.4) is 0 Å². The van der Waals surface area contributed by atoms with Crippen molar-refractivity contribution in [3.63, 3.8) is 0 Å². The number of carbonyl (C=O) groups excluding carboxylic acids is 1. The van der Waals surface area contributed by atoms with Crippen molar-refractivity contribution < 1.29 is 14.3 Å². The van der Waals surface area contributed by atoms with Gasteiger partial charge in [0.2, 0.25) is 5.91 Å². The zero-order chi connectivity index (χ0) is 20.8. The number of carbonyl (C=O) groups is 1. The van der Waals surface area contributed by atoms with Gasteiger partial charge < -0.3 is 19.7 Å². The maximum atomic E-state index is 12.3. The Morgan fingerprint density at radius 3 is 2.45 bits per heavy atom. The summed E-state index contributed by atoms with van der Waals surface area (Å²) in [5.74, 6) is 1.26. The summed E-state index contributed by atoms with van der Waals surface area (Å²) < 4.78 is 10.6. The lowest BCUT2D eigenvalue weighted by atomic mass is 10.1. The molecule has 1 heterocycles. The molecule has 0 atom stereocenters. The third-order valence-corrected chi connectivity index (χ3v) is 5.28. The van der Waals surface area contributed by atoms with E-state index >= 15 is 0 Å². The second-order valence-electron chi connectivity index (χ2n) is 6.72. The lowest BCUT2D eigenvalue weighted by molar-refractivity contribution is -0.116. The number of methoxy groups -OCH3 is 2. The summed E-state index contributed by atoms with van der Waals surface area (Å²) in [6.07, 6.45) is 1.10. The fourth-order valence-corrected chi connectivity index (χ4v) is 3.60. The van der Waals surface area contributed by atoms with E-state index in [1.165, 1.54) is 11.3 Å². The minimum Gasteiger partial charge on any atom is -0.493 e. The SMILES string of the molecule is COc1ccc(-c2csc(NC(=O)CCc3ccc(N(C)C)cc3)n2)cc1OC. The van der Waals surface area contributed by atoms with Crippen LogP contribution >= 0.6 is 11.3 Å². The molecule has 2 aromatic carbocycles. The molecule has 7 heteroatoms. The first-order chi connectivity index (χ1) is 14.0. The number of rotatable bonds is 8. The highest BCUT2D eigenvalue weighted by Crippen LogP contribution is 2.33. The molecule has 0 saturated heterocycles. The van der Waals surface area contributed by atoms with Gasteiger partial charge in [-0.15, -0.1) is 11.3 Å². The van der Waals surface area contributed by atoms with Gasteiger partial charge in [-0.25, -0.2) is 4.98 Å². The smallest absolute Gasteiger partial charge is 0.226 e. The number of aryl methyl sites for hydroxylation is 1. The Kier molecular flexibility index (Phi) is 6.72. The first-order valence-electron chi connectivity index (χ1n) is 9.24. The number of hydrogen-bond donors (Lipinski definition) is 1. The second-order valence-corrected chi connectivity index (χ2v) is 7.57. The van der Waals surface area contributed by atoms with Gasteiger partial charge in [-0.2, -0.15) is 0 Å². The van der Waals surface area contributed by atoms with Gasteiger partial charge in [0.15, 0.2) is 16.6 Å². The number of amides is 1. The average Bonchev–Trinajstić information content (AvgIpc) is 3.20. The molecule has 3 aromatic rings. The Morgan fingerprint density at radius 1 is 1.07 bits per heavy atom. The molecule has 0 spiro atoms. The number of nitrogens with one attached hydrogen (secondary N) is 1.